The van der Waals surface area contributed by atoms with Gasteiger partial charge in [0, 0.05) is 24.0 Å². The Bertz CT molecular complexity index is 226. The van der Waals surface area contributed by atoms with Crippen molar-refractivity contribution < 1.29 is 9.16 Å². The zero-order chi connectivity index (χ0) is 12.4. The van der Waals surface area contributed by atoms with Gasteiger partial charge in [0.1, 0.15) is 6.61 Å². The molecule has 0 aliphatic carbocycles. The lowest BCUT2D eigenvalue weighted by Gasteiger charge is -2.38. The summed E-state index contributed by atoms with van der Waals surface area (Å²) >= 11 is 3.67. The zero-order valence-corrected chi connectivity index (χ0v) is 13.6. The Morgan fingerprint density at radius 2 is 2.06 bits per heavy atom. The molecule has 0 amide bonds. The molecule has 1 fully saturated rings. The Hall–Kier alpha value is 0.617. The summed E-state index contributed by atoms with van der Waals surface area (Å²) in [6.07, 6.45) is 1.04. The molecule has 0 saturated carbocycles. The number of rotatable bonds is 3. The Morgan fingerprint density at radius 1 is 1.44 bits per heavy atom. The van der Waals surface area contributed by atoms with E-state index in [9.17, 15) is 0 Å². The van der Waals surface area contributed by atoms with E-state index in [1.807, 2.05) is 0 Å². The molecule has 94 valence electrons. The fraction of sp³-hybridized carbons (Fsp3) is 0.917. The van der Waals surface area contributed by atoms with Gasteiger partial charge in [0.05, 0.1) is 0 Å². The fourth-order valence-corrected chi connectivity index (χ4v) is 2.74. The number of halogens is 1. The summed E-state index contributed by atoms with van der Waals surface area (Å²) in [5.41, 5.74) is 0. The highest BCUT2D eigenvalue weighted by molar-refractivity contribution is 9.09. The van der Waals surface area contributed by atoms with Gasteiger partial charge in [0.2, 0.25) is 0 Å². The lowest BCUT2D eigenvalue weighted by Crippen LogP contribution is -2.43. The molecule has 0 aromatic heterocycles. The van der Waals surface area contributed by atoms with Crippen LogP contribution in [-0.2, 0) is 9.16 Å². The molecule has 1 saturated heterocycles. The Balaban J connectivity index is 2.44. The lowest BCUT2D eigenvalue weighted by atomic mass is 10.0. The van der Waals surface area contributed by atoms with E-state index in [0.717, 1.165) is 19.6 Å². The Morgan fingerprint density at radius 3 is 2.56 bits per heavy atom. The third-order valence-corrected chi connectivity index (χ3v) is 9.19. The minimum Gasteiger partial charge on any atom is -0.416 e. The summed E-state index contributed by atoms with van der Waals surface area (Å²) in [6.45, 7) is 15.9. The Labute approximate surface area is 109 Å². The van der Waals surface area contributed by atoms with Crippen molar-refractivity contribution in [1.82, 2.24) is 0 Å². The summed E-state index contributed by atoms with van der Waals surface area (Å²) in [6, 6.07) is 0. The average molecular weight is 307 g/mol. The maximum atomic E-state index is 6.17. The number of ether oxygens (including phenoxy) is 1. The summed E-state index contributed by atoms with van der Waals surface area (Å²) in [4.78, 5) is 0.450. The van der Waals surface area contributed by atoms with Crippen LogP contribution in [0.2, 0.25) is 18.1 Å². The molecule has 0 bridgehead atoms. The van der Waals surface area contributed by atoms with Gasteiger partial charge in [-0.15, -0.1) is 0 Å². The van der Waals surface area contributed by atoms with Crippen LogP contribution >= 0.6 is 15.9 Å². The monoisotopic (exact) mass is 306 g/mol. The van der Waals surface area contributed by atoms with Crippen LogP contribution in [0.5, 0.6) is 0 Å². The third kappa shape index (κ3) is 3.83. The maximum absolute atomic E-state index is 6.17. The lowest BCUT2D eigenvalue weighted by molar-refractivity contribution is 0.0932. The molecule has 0 aromatic carbocycles. The summed E-state index contributed by atoms with van der Waals surface area (Å²) in [7, 11) is -1.63. The van der Waals surface area contributed by atoms with Crippen molar-refractivity contribution in [2.24, 2.45) is 5.92 Å². The van der Waals surface area contributed by atoms with Crippen LogP contribution in [0.15, 0.2) is 0 Å². The van der Waals surface area contributed by atoms with Crippen LogP contribution in [-0.4, -0.2) is 26.4 Å². The molecule has 2 nitrogen and oxygen atoms in total. The van der Waals surface area contributed by atoms with E-state index in [-0.39, 0.29) is 11.0 Å². The van der Waals surface area contributed by atoms with E-state index in [1.54, 1.807) is 0 Å². The van der Waals surface area contributed by atoms with Crippen LogP contribution in [0, 0.1) is 12.5 Å². The van der Waals surface area contributed by atoms with Crippen molar-refractivity contribution in [2.45, 2.75) is 50.2 Å². The maximum Gasteiger partial charge on any atom is 0.191 e. The smallest absolute Gasteiger partial charge is 0.191 e. The average Bonchev–Trinajstić information content (AvgIpc) is 2.15. The number of hydrogen-bond donors (Lipinski definition) is 0. The van der Waals surface area contributed by atoms with Crippen LogP contribution in [0.4, 0.5) is 0 Å². The largest absolute Gasteiger partial charge is 0.416 e. The molecule has 0 aromatic rings. The first-order valence-corrected chi connectivity index (χ1v) is 9.72. The van der Waals surface area contributed by atoms with Gasteiger partial charge in [-0.25, -0.2) is 0 Å². The van der Waals surface area contributed by atoms with E-state index in [2.05, 4.69) is 56.4 Å². The molecule has 4 heteroatoms. The Kier molecular flexibility index (Phi) is 5.05. The normalized spacial score (nSPS) is 28.1. The first-order valence-electron chi connectivity index (χ1n) is 5.89. The van der Waals surface area contributed by atoms with Crippen LogP contribution in [0.25, 0.3) is 0 Å². The molecule has 1 rings (SSSR count). The minimum absolute atomic E-state index is 0.267. The highest BCUT2D eigenvalue weighted by Crippen LogP contribution is 2.37. The molecule has 1 heterocycles. The van der Waals surface area contributed by atoms with E-state index in [0.29, 0.717) is 4.83 Å². The highest BCUT2D eigenvalue weighted by atomic mass is 79.9. The first-order chi connectivity index (χ1) is 7.24. The standard InChI is InChI=1S/C12H23BrO2Si/c1-12(2,3)16(4,5)15-9-10-8-14-7-6-11(10)13/h10-11H,6-7,9H2,1-5H3. The topological polar surface area (TPSA) is 18.5 Å². The van der Waals surface area contributed by atoms with Crippen molar-refractivity contribution in [3.8, 4) is 0 Å². The van der Waals surface area contributed by atoms with E-state index in [4.69, 9.17) is 9.16 Å². The minimum atomic E-state index is -1.63. The van der Waals surface area contributed by atoms with Gasteiger partial charge in [0.25, 0.3) is 0 Å². The third-order valence-electron chi connectivity index (χ3n) is 3.60. The predicted octanol–water partition coefficient (Wildman–Crippen LogP) is 3.85. The van der Waals surface area contributed by atoms with Crippen molar-refractivity contribution >= 4 is 24.2 Å². The second-order valence-electron chi connectivity index (χ2n) is 5.95. The van der Waals surface area contributed by atoms with E-state index in [1.165, 1.54) is 0 Å². The molecule has 0 N–H and O–H groups in total. The first kappa shape index (κ1) is 14.7. The van der Waals surface area contributed by atoms with Crippen molar-refractivity contribution in [2.75, 3.05) is 13.2 Å². The van der Waals surface area contributed by atoms with Gasteiger partial charge in [-0.2, -0.15) is 0 Å². The summed E-state index contributed by atoms with van der Waals surface area (Å²) < 4.78 is 11.4. The second-order valence-corrected chi connectivity index (χ2v) is 11.9. The highest BCUT2D eigenvalue weighted by Gasteiger charge is 2.38. The van der Waals surface area contributed by atoms with Gasteiger partial charge in [0.15, 0.2) is 8.32 Å². The van der Waals surface area contributed by atoms with Crippen molar-refractivity contribution in [1.29, 1.82) is 0 Å². The zero-order valence-electron chi connectivity index (χ0n) is 11.0. The number of alkyl halides is 1. The van der Waals surface area contributed by atoms with Gasteiger partial charge >= 0.3 is 0 Å². The van der Waals surface area contributed by atoms with E-state index < -0.39 is 8.32 Å². The summed E-state index contributed by atoms with van der Waals surface area (Å²) in [5.74, 6) is 0.267. The van der Waals surface area contributed by atoms with Crippen LogP contribution in [0.1, 0.15) is 27.2 Å². The molecule has 2 unspecified atom stereocenters. The van der Waals surface area contributed by atoms with Gasteiger partial charge in [-0.05, 0) is 24.6 Å². The predicted molar refractivity (Wildman–Crippen MR) is 73.2 cm³/mol. The van der Waals surface area contributed by atoms with Gasteiger partial charge in [-0.1, -0.05) is 36.7 Å². The molecule has 0 spiro atoms. The van der Waals surface area contributed by atoms with Crippen LogP contribution in [0.3, 0.4) is 0 Å². The quantitative estimate of drug-likeness (QED) is 0.582. The number of hydrogen-bond acceptors (Lipinski definition) is 2. The van der Waals surface area contributed by atoms with Gasteiger partial charge < -0.3 is 9.16 Å². The van der Waals surface area contributed by atoms with Crippen molar-refractivity contribution in [3.63, 3.8) is 0 Å². The summed E-state index contributed by atoms with van der Waals surface area (Å²) in [5, 5.41) is 0.268. The van der Waals surface area contributed by atoms with E-state index >= 15 is 0 Å². The van der Waals surface area contributed by atoms with Crippen molar-refractivity contribution in [3.05, 3.63) is 6.61 Å². The molecule has 2 radical (unpaired) electrons. The molecule has 2 atom stereocenters. The fourth-order valence-electron chi connectivity index (χ4n) is 1.27. The molecule has 16 heavy (non-hydrogen) atoms. The molecule has 1 aliphatic heterocycles. The molecule has 1 aliphatic rings. The molecular weight excluding hydrogens is 284 g/mol. The second kappa shape index (κ2) is 5.51. The molecular formula is C12H23BrO2Si. The SMILES string of the molecule is CC(C)(C)[Si](C)(C)OCC1[C]OCCC1Br. The van der Waals surface area contributed by atoms with Crippen LogP contribution < -0.4 is 0 Å². The van der Waals surface area contributed by atoms with Gasteiger partial charge in [-0.3, -0.25) is 0 Å².